The maximum Gasteiger partial charge on any atom is 2.00 e. The summed E-state index contributed by atoms with van der Waals surface area (Å²) in [5, 5.41) is 4.99. The summed E-state index contributed by atoms with van der Waals surface area (Å²) in [5.74, 6) is 0. The summed E-state index contributed by atoms with van der Waals surface area (Å²) in [6.45, 7) is 0. The van der Waals surface area contributed by atoms with Crippen molar-refractivity contribution < 1.29 is 0 Å². The molecule has 2 aromatic heterocycles. The van der Waals surface area contributed by atoms with Gasteiger partial charge in [-0.05, 0) is 21.5 Å². The zero-order valence-corrected chi connectivity index (χ0v) is 16.3. The fraction of sp³-hybridized carbons (Fsp3) is 0. The van der Waals surface area contributed by atoms with Crippen molar-refractivity contribution in [1.82, 2.24) is 9.97 Å². The maximum absolute atomic E-state index is 4.52. The molecule has 0 radical (unpaired) electrons. The van der Waals surface area contributed by atoms with Crippen molar-refractivity contribution in [2.75, 3.05) is 0 Å². The van der Waals surface area contributed by atoms with Gasteiger partial charge in [-0.25, -0.2) is 0 Å². The summed E-state index contributed by atoms with van der Waals surface area (Å²) >= 11 is 0. The summed E-state index contributed by atoms with van der Waals surface area (Å²) in [7, 11) is 0. The molecule has 2 nitrogen and oxygen atoms in total. The Labute approximate surface area is 173 Å². The molecule has 0 saturated heterocycles. The van der Waals surface area contributed by atoms with Crippen molar-refractivity contribution >= 4 is 66.7 Å². The molecule has 2 heterocycles. The molecule has 0 atom stereocenters. The first kappa shape index (κ1) is 17.6. The van der Waals surface area contributed by atoms with Gasteiger partial charge in [0, 0.05) is 0 Å². The molecule has 0 saturated carbocycles. The molecule has 0 fully saturated rings. The largest absolute Gasteiger partial charge is 2.00 e. The average molecular weight is 357 g/mol. The maximum atomic E-state index is 4.52. The normalized spacial score (nSPS) is 10.7. The molecule has 4 aromatic carbocycles. The SMILES string of the molecule is [Mg+2].c1ccc2c(c1)[n-]c1ccccc12.c1ccc2c(c1)[n-]c1ccccc12. The number of benzene rings is 4. The molecule has 124 valence electrons. The third-order valence-corrected chi connectivity index (χ3v) is 4.68. The zero-order valence-electron chi connectivity index (χ0n) is 14.8. The van der Waals surface area contributed by atoms with Crippen molar-refractivity contribution in [3.05, 3.63) is 97.1 Å². The van der Waals surface area contributed by atoms with Gasteiger partial charge in [0.25, 0.3) is 0 Å². The molecule has 0 aliphatic heterocycles. The molecule has 3 heteroatoms. The van der Waals surface area contributed by atoms with E-state index in [0.29, 0.717) is 0 Å². The van der Waals surface area contributed by atoms with Crippen molar-refractivity contribution in [3.8, 4) is 0 Å². The summed E-state index contributed by atoms with van der Waals surface area (Å²) in [4.78, 5) is 9.03. The van der Waals surface area contributed by atoms with Gasteiger partial charge in [0.15, 0.2) is 0 Å². The van der Waals surface area contributed by atoms with Crippen LogP contribution in [0.4, 0.5) is 0 Å². The standard InChI is InChI=1S/2C12H8N.Mg/c2*1-3-7-11-9(5-1)10-6-2-4-8-12(10)13-11;/h2*1-8H;/q2*-1;+2. The first-order chi connectivity index (χ1) is 12.9. The van der Waals surface area contributed by atoms with Crippen LogP contribution in [0.25, 0.3) is 43.6 Å². The van der Waals surface area contributed by atoms with Crippen molar-refractivity contribution in [3.63, 3.8) is 0 Å². The molecular weight excluding hydrogens is 341 g/mol. The van der Waals surface area contributed by atoms with Crippen LogP contribution >= 0.6 is 0 Å². The number of hydrogen-bond donors (Lipinski definition) is 0. The Hall–Kier alpha value is -2.75. The third-order valence-electron chi connectivity index (χ3n) is 4.68. The van der Waals surface area contributed by atoms with E-state index in [1.807, 2.05) is 24.3 Å². The Kier molecular flexibility index (Phi) is 4.88. The van der Waals surface area contributed by atoms with Gasteiger partial charge in [0.1, 0.15) is 0 Å². The quantitative estimate of drug-likeness (QED) is 0.335. The molecule has 0 bridgehead atoms. The molecular formula is C24H16MgN2. The zero-order chi connectivity index (χ0) is 17.3. The van der Waals surface area contributed by atoms with E-state index in [0.717, 1.165) is 22.1 Å². The smallest absolute Gasteiger partial charge is 0.657 e. The van der Waals surface area contributed by atoms with Gasteiger partial charge in [-0.1, -0.05) is 97.1 Å². The van der Waals surface area contributed by atoms with Crippen LogP contribution in [0.5, 0.6) is 0 Å². The fourth-order valence-corrected chi connectivity index (χ4v) is 3.46. The Morgan fingerprint density at radius 1 is 0.333 bits per heavy atom. The first-order valence-corrected chi connectivity index (χ1v) is 8.70. The van der Waals surface area contributed by atoms with Gasteiger partial charge < -0.3 is 9.97 Å². The van der Waals surface area contributed by atoms with Gasteiger partial charge in [-0.3, -0.25) is 0 Å². The second-order valence-corrected chi connectivity index (χ2v) is 6.29. The summed E-state index contributed by atoms with van der Waals surface area (Å²) < 4.78 is 0. The van der Waals surface area contributed by atoms with Crippen molar-refractivity contribution in [1.29, 1.82) is 0 Å². The van der Waals surface area contributed by atoms with Gasteiger partial charge >= 0.3 is 23.1 Å². The molecule has 6 aromatic rings. The van der Waals surface area contributed by atoms with Crippen LogP contribution in [-0.2, 0) is 0 Å². The summed E-state index contributed by atoms with van der Waals surface area (Å²) in [6.07, 6.45) is 0. The molecule has 27 heavy (non-hydrogen) atoms. The summed E-state index contributed by atoms with van der Waals surface area (Å²) in [5.41, 5.74) is 4.35. The van der Waals surface area contributed by atoms with E-state index in [1.165, 1.54) is 21.5 Å². The van der Waals surface area contributed by atoms with Crippen LogP contribution < -0.4 is 9.97 Å². The van der Waals surface area contributed by atoms with Crippen molar-refractivity contribution in [2.24, 2.45) is 0 Å². The first-order valence-electron chi connectivity index (χ1n) is 8.70. The molecule has 0 aliphatic carbocycles. The molecule has 0 unspecified atom stereocenters. The van der Waals surface area contributed by atoms with Crippen LogP contribution in [-0.4, -0.2) is 23.1 Å². The number of para-hydroxylation sites is 4. The van der Waals surface area contributed by atoms with Gasteiger partial charge in [-0.15, -0.1) is 22.1 Å². The van der Waals surface area contributed by atoms with E-state index < -0.39 is 0 Å². The Bertz CT molecular complexity index is 1140. The molecule has 0 aliphatic rings. The van der Waals surface area contributed by atoms with E-state index >= 15 is 0 Å². The molecule has 0 amide bonds. The van der Waals surface area contributed by atoms with Gasteiger partial charge in [0.05, 0.1) is 0 Å². The monoisotopic (exact) mass is 356 g/mol. The average Bonchev–Trinajstić information content (AvgIpc) is 3.27. The van der Waals surface area contributed by atoms with Gasteiger partial charge in [0.2, 0.25) is 0 Å². The van der Waals surface area contributed by atoms with E-state index in [2.05, 4.69) is 82.8 Å². The number of rotatable bonds is 0. The Morgan fingerprint density at radius 3 is 0.815 bits per heavy atom. The van der Waals surface area contributed by atoms with Crippen LogP contribution in [0.3, 0.4) is 0 Å². The van der Waals surface area contributed by atoms with Gasteiger partial charge in [-0.2, -0.15) is 0 Å². The van der Waals surface area contributed by atoms with Crippen LogP contribution in [0.1, 0.15) is 0 Å². The van der Waals surface area contributed by atoms with Crippen molar-refractivity contribution in [2.45, 2.75) is 0 Å². The third kappa shape index (κ3) is 3.20. The number of fused-ring (bicyclic) bond motifs is 6. The van der Waals surface area contributed by atoms with E-state index in [-0.39, 0.29) is 23.1 Å². The molecule has 6 rings (SSSR count). The minimum Gasteiger partial charge on any atom is -0.657 e. The second-order valence-electron chi connectivity index (χ2n) is 6.29. The summed E-state index contributed by atoms with van der Waals surface area (Å²) in [6, 6.07) is 33.0. The van der Waals surface area contributed by atoms with E-state index in [9.17, 15) is 0 Å². The number of nitrogens with zero attached hydrogens (tertiary/aromatic N) is 2. The van der Waals surface area contributed by atoms with E-state index in [4.69, 9.17) is 0 Å². The van der Waals surface area contributed by atoms with E-state index in [1.54, 1.807) is 0 Å². The van der Waals surface area contributed by atoms with Crippen LogP contribution in [0, 0.1) is 0 Å². The van der Waals surface area contributed by atoms with Crippen LogP contribution in [0.2, 0.25) is 0 Å². The van der Waals surface area contributed by atoms with Crippen LogP contribution in [0.15, 0.2) is 97.1 Å². The Balaban J connectivity index is 0.000000129. The molecule has 0 spiro atoms. The predicted molar refractivity (Wildman–Crippen MR) is 115 cm³/mol. The predicted octanol–water partition coefficient (Wildman–Crippen LogP) is 5.52. The molecule has 0 N–H and O–H groups in total. The minimum atomic E-state index is 0. The number of hydrogen-bond acceptors (Lipinski definition) is 0. The number of aromatic nitrogens is 2. The second kappa shape index (κ2) is 7.47. The fourth-order valence-electron chi connectivity index (χ4n) is 3.46. The minimum absolute atomic E-state index is 0. The Morgan fingerprint density at radius 2 is 0.556 bits per heavy atom. The topological polar surface area (TPSA) is 28.2 Å².